The maximum absolute atomic E-state index is 13.1. The van der Waals surface area contributed by atoms with Crippen LogP contribution < -0.4 is 10.0 Å². The van der Waals surface area contributed by atoms with Crippen molar-refractivity contribution < 1.29 is 13.2 Å². The van der Waals surface area contributed by atoms with Gasteiger partial charge in [0.05, 0.1) is 4.90 Å². The predicted octanol–water partition coefficient (Wildman–Crippen LogP) is 4.38. The first-order chi connectivity index (χ1) is 14.0. The van der Waals surface area contributed by atoms with Gasteiger partial charge in [0, 0.05) is 23.0 Å². The minimum Gasteiger partial charge on any atom is -0.305 e. The molecule has 158 valence electrons. The van der Waals surface area contributed by atoms with Gasteiger partial charge in [0.15, 0.2) is 5.82 Å². The van der Waals surface area contributed by atoms with E-state index in [2.05, 4.69) is 20.2 Å². The molecule has 1 heterocycles. The van der Waals surface area contributed by atoms with Gasteiger partial charge in [0.1, 0.15) is 0 Å². The number of amides is 1. The number of nitrogens with one attached hydrogen (secondary N) is 3. The molecule has 0 saturated heterocycles. The number of rotatable bonds is 5. The third-order valence-corrected chi connectivity index (χ3v) is 6.19. The SMILES string of the molecule is Cc1cc(NC(=O)c2cccc(NS(=O)(=O)c3cc(C(C)(C)C)ccc3C)c2)n[nH]1. The smallest absolute Gasteiger partial charge is 0.262 e. The van der Waals surface area contributed by atoms with Gasteiger partial charge in [0.2, 0.25) is 0 Å². The molecule has 7 nitrogen and oxygen atoms in total. The molecule has 2 aromatic carbocycles. The molecule has 0 spiro atoms. The summed E-state index contributed by atoms with van der Waals surface area (Å²) in [5.41, 5.74) is 2.84. The zero-order valence-electron chi connectivity index (χ0n) is 17.7. The second-order valence-corrected chi connectivity index (χ2v) is 9.96. The third kappa shape index (κ3) is 4.88. The summed E-state index contributed by atoms with van der Waals surface area (Å²) >= 11 is 0. The van der Waals surface area contributed by atoms with Crippen LogP contribution in [-0.2, 0) is 15.4 Å². The number of aromatic amines is 1. The van der Waals surface area contributed by atoms with Crippen LogP contribution in [0.15, 0.2) is 53.4 Å². The second kappa shape index (κ2) is 7.95. The second-order valence-electron chi connectivity index (χ2n) is 8.31. The van der Waals surface area contributed by atoms with Crippen molar-refractivity contribution in [2.24, 2.45) is 0 Å². The fraction of sp³-hybridized carbons (Fsp3) is 0.273. The zero-order chi connectivity index (χ0) is 22.1. The van der Waals surface area contributed by atoms with E-state index in [-0.39, 0.29) is 16.2 Å². The van der Waals surface area contributed by atoms with Gasteiger partial charge in [-0.25, -0.2) is 8.42 Å². The highest BCUT2D eigenvalue weighted by atomic mass is 32.2. The molecule has 0 unspecified atom stereocenters. The van der Waals surface area contributed by atoms with Crippen LogP contribution in [-0.4, -0.2) is 24.5 Å². The Morgan fingerprint density at radius 1 is 1.03 bits per heavy atom. The maximum Gasteiger partial charge on any atom is 0.262 e. The number of carbonyl (C=O) groups excluding carboxylic acids is 1. The Kier molecular flexibility index (Phi) is 5.72. The highest BCUT2D eigenvalue weighted by molar-refractivity contribution is 7.92. The van der Waals surface area contributed by atoms with E-state index in [0.29, 0.717) is 22.6 Å². The number of aromatic nitrogens is 2. The van der Waals surface area contributed by atoms with Crippen molar-refractivity contribution in [3.05, 3.63) is 70.9 Å². The van der Waals surface area contributed by atoms with E-state index in [1.54, 1.807) is 37.3 Å². The van der Waals surface area contributed by atoms with Crippen molar-refractivity contribution in [2.45, 2.75) is 44.9 Å². The minimum atomic E-state index is -3.82. The Labute approximate surface area is 177 Å². The van der Waals surface area contributed by atoms with Gasteiger partial charge in [-0.15, -0.1) is 0 Å². The molecule has 0 saturated carbocycles. The topological polar surface area (TPSA) is 104 Å². The molecule has 3 N–H and O–H groups in total. The van der Waals surface area contributed by atoms with E-state index < -0.39 is 10.0 Å². The van der Waals surface area contributed by atoms with Crippen LogP contribution in [0.3, 0.4) is 0 Å². The molecule has 3 aromatic rings. The highest BCUT2D eigenvalue weighted by Gasteiger charge is 2.22. The number of aryl methyl sites for hydroxylation is 2. The molecule has 0 aliphatic rings. The van der Waals surface area contributed by atoms with Gasteiger partial charge in [-0.3, -0.25) is 14.6 Å². The van der Waals surface area contributed by atoms with Crippen molar-refractivity contribution in [1.29, 1.82) is 0 Å². The van der Waals surface area contributed by atoms with Crippen LogP contribution in [0.1, 0.15) is 48.0 Å². The lowest BCUT2D eigenvalue weighted by Crippen LogP contribution is -2.18. The Hall–Kier alpha value is -3.13. The number of benzene rings is 2. The summed E-state index contributed by atoms with van der Waals surface area (Å²) in [6.07, 6.45) is 0. The Morgan fingerprint density at radius 2 is 1.77 bits per heavy atom. The Bertz CT molecular complexity index is 1190. The van der Waals surface area contributed by atoms with Gasteiger partial charge in [-0.2, -0.15) is 5.10 Å². The van der Waals surface area contributed by atoms with Gasteiger partial charge in [-0.1, -0.05) is 39.0 Å². The van der Waals surface area contributed by atoms with Crippen LogP contribution in [0, 0.1) is 13.8 Å². The molecule has 1 aromatic heterocycles. The van der Waals surface area contributed by atoms with Crippen LogP contribution in [0.5, 0.6) is 0 Å². The lowest BCUT2D eigenvalue weighted by molar-refractivity contribution is 0.102. The van der Waals surface area contributed by atoms with Gasteiger partial charge < -0.3 is 5.32 Å². The van der Waals surface area contributed by atoms with E-state index in [4.69, 9.17) is 0 Å². The van der Waals surface area contributed by atoms with E-state index in [0.717, 1.165) is 11.3 Å². The van der Waals surface area contributed by atoms with Gasteiger partial charge in [-0.05, 0) is 54.7 Å². The van der Waals surface area contributed by atoms with Gasteiger partial charge >= 0.3 is 0 Å². The largest absolute Gasteiger partial charge is 0.305 e. The number of nitrogens with zero attached hydrogens (tertiary/aromatic N) is 1. The maximum atomic E-state index is 13.1. The van der Waals surface area contributed by atoms with Crippen molar-refractivity contribution >= 4 is 27.4 Å². The number of hydrogen-bond donors (Lipinski definition) is 3. The first kappa shape index (κ1) is 21.6. The molecule has 0 aliphatic carbocycles. The van der Waals surface area contributed by atoms with Crippen LogP contribution >= 0.6 is 0 Å². The van der Waals surface area contributed by atoms with Crippen molar-refractivity contribution in [1.82, 2.24) is 10.2 Å². The molecule has 30 heavy (non-hydrogen) atoms. The molecular formula is C22H26N4O3S. The summed E-state index contributed by atoms with van der Waals surface area (Å²) in [6, 6.07) is 13.5. The van der Waals surface area contributed by atoms with Crippen LogP contribution in [0.2, 0.25) is 0 Å². The summed E-state index contributed by atoms with van der Waals surface area (Å²) in [7, 11) is -3.82. The molecule has 8 heteroatoms. The van der Waals surface area contributed by atoms with Crippen molar-refractivity contribution in [3.8, 4) is 0 Å². The van der Waals surface area contributed by atoms with Crippen molar-refractivity contribution in [3.63, 3.8) is 0 Å². The van der Waals surface area contributed by atoms with E-state index >= 15 is 0 Å². The Morgan fingerprint density at radius 3 is 2.40 bits per heavy atom. The number of anilines is 2. The number of hydrogen-bond acceptors (Lipinski definition) is 4. The Balaban J connectivity index is 1.86. The molecule has 0 radical (unpaired) electrons. The van der Waals surface area contributed by atoms with E-state index in [1.165, 1.54) is 6.07 Å². The van der Waals surface area contributed by atoms with E-state index in [1.807, 2.05) is 39.8 Å². The molecular weight excluding hydrogens is 400 g/mol. The normalized spacial score (nSPS) is 11.9. The summed E-state index contributed by atoms with van der Waals surface area (Å²) < 4.78 is 28.7. The number of sulfonamides is 1. The number of carbonyl (C=O) groups is 1. The first-order valence-electron chi connectivity index (χ1n) is 9.53. The summed E-state index contributed by atoms with van der Waals surface area (Å²) in [5, 5.41) is 9.40. The average Bonchev–Trinajstić information content (AvgIpc) is 3.05. The number of H-pyrrole nitrogens is 1. The fourth-order valence-corrected chi connectivity index (χ4v) is 4.28. The average molecular weight is 427 g/mol. The quantitative estimate of drug-likeness (QED) is 0.563. The fourth-order valence-electron chi connectivity index (χ4n) is 2.96. The van der Waals surface area contributed by atoms with Crippen LogP contribution in [0.4, 0.5) is 11.5 Å². The molecule has 0 fully saturated rings. The molecule has 0 aliphatic heterocycles. The lowest BCUT2D eigenvalue weighted by Gasteiger charge is -2.21. The lowest BCUT2D eigenvalue weighted by atomic mass is 9.87. The molecule has 3 rings (SSSR count). The van der Waals surface area contributed by atoms with Gasteiger partial charge in [0.25, 0.3) is 15.9 Å². The van der Waals surface area contributed by atoms with Crippen molar-refractivity contribution in [2.75, 3.05) is 10.0 Å². The predicted molar refractivity (Wildman–Crippen MR) is 118 cm³/mol. The monoisotopic (exact) mass is 426 g/mol. The minimum absolute atomic E-state index is 0.180. The summed E-state index contributed by atoms with van der Waals surface area (Å²) in [5.74, 6) is 0.0200. The molecule has 1 amide bonds. The summed E-state index contributed by atoms with van der Waals surface area (Å²) in [4.78, 5) is 12.7. The van der Waals surface area contributed by atoms with Crippen LogP contribution in [0.25, 0.3) is 0 Å². The highest BCUT2D eigenvalue weighted by Crippen LogP contribution is 2.28. The summed E-state index contributed by atoms with van der Waals surface area (Å²) in [6.45, 7) is 9.69. The third-order valence-electron chi connectivity index (χ3n) is 4.67. The standard InChI is InChI=1S/C22H26N4O3S/c1-14-9-10-17(22(3,4)5)13-19(14)30(28,29)26-18-8-6-7-16(12-18)21(27)23-20-11-15(2)24-25-20/h6-13,26H,1-5H3,(H2,23,24,25,27). The molecule has 0 atom stereocenters. The zero-order valence-corrected chi connectivity index (χ0v) is 18.5. The van der Waals surface area contributed by atoms with E-state index in [9.17, 15) is 13.2 Å². The first-order valence-corrected chi connectivity index (χ1v) is 11.0. The molecule has 0 bridgehead atoms.